The van der Waals surface area contributed by atoms with Crippen LogP contribution in [-0.2, 0) is 11.3 Å². The molecule has 0 aliphatic heterocycles. The number of carbonyl (C=O) groups is 1. The Labute approximate surface area is 147 Å². The molecule has 6 heteroatoms. The number of fused-ring (bicyclic) bond motifs is 2. The van der Waals surface area contributed by atoms with Gasteiger partial charge in [0.2, 0.25) is 5.91 Å². The quantitative estimate of drug-likeness (QED) is 0.892. The molecule has 132 valence electrons. The zero-order valence-electron chi connectivity index (χ0n) is 14.3. The first-order valence-electron chi connectivity index (χ1n) is 9.19. The van der Waals surface area contributed by atoms with Gasteiger partial charge in [-0.05, 0) is 49.7 Å². The Balaban J connectivity index is 1.42. The van der Waals surface area contributed by atoms with Gasteiger partial charge in [-0.25, -0.2) is 9.67 Å². The molecule has 2 aliphatic carbocycles. The van der Waals surface area contributed by atoms with Gasteiger partial charge in [0.1, 0.15) is 0 Å². The van der Waals surface area contributed by atoms with Crippen LogP contribution in [0, 0.1) is 17.8 Å². The predicted molar refractivity (Wildman–Crippen MR) is 94.7 cm³/mol. The summed E-state index contributed by atoms with van der Waals surface area (Å²) in [6, 6.07) is 6.03. The molecule has 3 N–H and O–H groups in total. The maximum absolute atomic E-state index is 12.7. The van der Waals surface area contributed by atoms with Crippen molar-refractivity contribution in [3.63, 3.8) is 0 Å². The van der Waals surface area contributed by atoms with E-state index in [0.29, 0.717) is 24.4 Å². The second-order valence-corrected chi connectivity index (χ2v) is 7.35. The summed E-state index contributed by atoms with van der Waals surface area (Å²) in [5.41, 5.74) is 7.30. The number of hydrogen-bond acceptors (Lipinski definition) is 4. The van der Waals surface area contributed by atoms with Gasteiger partial charge in [-0.15, -0.1) is 0 Å². The number of aromatic nitrogens is 3. The molecule has 0 saturated heterocycles. The summed E-state index contributed by atoms with van der Waals surface area (Å²) in [5, 5.41) is 7.35. The molecular weight excluding hydrogens is 314 g/mol. The SMILES string of the molecule is NC1C2CCCC1CC(C(=O)NCc1cccnc1-n1cccn1)C2. The minimum atomic E-state index is 0.0972. The minimum absolute atomic E-state index is 0.0972. The topological polar surface area (TPSA) is 85.8 Å². The Morgan fingerprint density at radius 2 is 2.04 bits per heavy atom. The summed E-state index contributed by atoms with van der Waals surface area (Å²) < 4.78 is 1.73. The highest BCUT2D eigenvalue weighted by Crippen LogP contribution is 2.41. The Bertz CT molecular complexity index is 715. The van der Waals surface area contributed by atoms with Crippen LogP contribution in [0.3, 0.4) is 0 Å². The van der Waals surface area contributed by atoms with Crippen molar-refractivity contribution in [2.75, 3.05) is 0 Å². The molecule has 2 bridgehead atoms. The normalized spacial score (nSPS) is 28.5. The lowest BCUT2D eigenvalue weighted by molar-refractivity contribution is -0.128. The molecule has 2 unspecified atom stereocenters. The molecule has 2 saturated carbocycles. The number of hydrogen-bond donors (Lipinski definition) is 2. The van der Waals surface area contributed by atoms with E-state index < -0.39 is 0 Å². The second kappa shape index (κ2) is 6.96. The molecular formula is C19H25N5O. The smallest absolute Gasteiger partial charge is 0.223 e. The highest BCUT2D eigenvalue weighted by Gasteiger charge is 2.40. The van der Waals surface area contributed by atoms with Crippen LogP contribution in [0.15, 0.2) is 36.8 Å². The zero-order valence-corrected chi connectivity index (χ0v) is 14.3. The summed E-state index contributed by atoms with van der Waals surface area (Å²) in [4.78, 5) is 17.1. The third-order valence-corrected chi connectivity index (χ3v) is 5.83. The van der Waals surface area contributed by atoms with E-state index in [1.54, 1.807) is 17.1 Å². The van der Waals surface area contributed by atoms with Crippen molar-refractivity contribution >= 4 is 5.91 Å². The number of amides is 1. The van der Waals surface area contributed by atoms with Gasteiger partial charge in [0.05, 0.1) is 0 Å². The lowest BCUT2D eigenvalue weighted by atomic mass is 9.65. The van der Waals surface area contributed by atoms with Crippen molar-refractivity contribution in [2.24, 2.45) is 23.5 Å². The van der Waals surface area contributed by atoms with E-state index in [2.05, 4.69) is 15.4 Å². The monoisotopic (exact) mass is 339 g/mol. The standard InChI is InChI=1S/C19H25N5O/c20-17-13-4-1-5-14(17)11-16(10-13)19(25)22-12-15-6-2-7-21-18(15)24-9-3-8-23-24/h2-3,6-9,13-14,16-17H,1,4-5,10-12,20H2,(H,22,25). The summed E-state index contributed by atoms with van der Waals surface area (Å²) in [7, 11) is 0. The zero-order chi connectivity index (χ0) is 17.2. The van der Waals surface area contributed by atoms with E-state index in [1.807, 2.05) is 24.4 Å². The lowest BCUT2D eigenvalue weighted by Crippen LogP contribution is -2.49. The van der Waals surface area contributed by atoms with E-state index >= 15 is 0 Å². The first-order chi connectivity index (χ1) is 12.2. The Morgan fingerprint density at radius 3 is 2.76 bits per heavy atom. The molecule has 6 nitrogen and oxygen atoms in total. The fourth-order valence-electron chi connectivity index (χ4n) is 4.50. The van der Waals surface area contributed by atoms with Gasteiger partial charge in [0.15, 0.2) is 5.82 Å². The number of pyridine rings is 1. The van der Waals surface area contributed by atoms with E-state index in [9.17, 15) is 4.79 Å². The molecule has 2 aromatic heterocycles. The van der Waals surface area contributed by atoms with Crippen molar-refractivity contribution < 1.29 is 4.79 Å². The van der Waals surface area contributed by atoms with E-state index in [-0.39, 0.29) is 11.8 Å². The molecule has 25 heavy (non-hydrogen) atoms. The van der Waals surface area contributed by atoms with Gasteiger partial charge in [-0.2, -0.15) is 5.10 Å². The van der Waals surface area contributed by atoms with Crippen molar-refractivity contribution in [3.05, 3.63) is 42.4 Å². The van der Waals surface area contributed by atoms with Gasteiger partial charge >= 0.3 is 0 Å². The van der Waals surface area contributed by atoms with Gasteiger partial charge in [0, 0.05) is 42.7 Å². The Morgan fingerprint density at radius 1 is 1.24 bits per heavy atom. The molecule has 2 atom stereocenters. The Hall–Kier alpha value is -2.21. The van der Waals surface area contributed by atoms with Crippen LogP contribution < -0.4 is 11.1 Å². The third kappa shape index (κ3) is 3.31. The fraction of sp³-hybridized carbons (Fsp3) is 0.526. The van der Waals surface area contributed by atoms with Crippen molar-refractivity contribution in [2.45, 2.75) is 44.7 Å². The number of carbonyl (C=O) groups excluding carboxylic acids is 1. The maximum atomic E-state index is 12.7. The fourth-order valence-corrected chi connectivity index (χ4v) is 4.50. The van der Waals surface area contributed by atoms with Gasteiger partial charge < -0.3 is 11.1 Å². The first-order valence-corrected chi connectivity index (χ1v) is 9.19. The summed E-state index contributed by atoms with van der Waals surface area (Å²) >= 11 is 0. The van der Waals surface area contributed by atoms with Crippen molar-refractivity contribution in [3.8, 4) is 5.82 Å². The van der Waals surface area contributed by atoms with Crippen LogP contribution in [0.2, 0.25) is 0 Å². The highest BCUT2D eigenvalue weighted by molar-refractivity contribution is 5.78. The number of nitrogens with one attached hydrogen (secondary N) is 1. The average molecular weight is 339 g/mol. The van der Waals surface area contributed by atoms with Crippen molar-refractivity contribution in [1.29, 1.82) is 0 Å². The molecule has 2 fully saturated rings. The molecule has 1 amide bonds. The van der Waals surface area contributed by atoms with E-state index in [0.717, 1.165) is 24.2 Å². The molecule has 2 heterocycles. The highest BCUT2D eigenvalue weighted by atomic mass is 16.1. The van der Waals surface area contributed by atoms with Crippen LogP contribution in [0.5, 0.6) is 0 Å². The van der Waals surface area contributed by atoms with Crippen LogP contribution in [0.1, 0.15) is 37.7 Å². The second-order valence-electron chi connectivity index (χ2n) is 7.35. The maximum Gasteiger partial charge on any atom is 0.223 e. The van der Waals surface area contributed by atoms with Gasteiger partial charge in [0.25, 0.3) is 0 Å². The summed E-state index contributed by atoms with van der Waals surface area (Å²) in [6.45, 7) is 0.472. The number of nitrogens with zero attached hydrogens (tertiary/aromatic N) is 3. The van der Waals surface area contributed by atoms with Crippen molar-refractivity contribution in [1.82, 2.24) is 20.1 Å². The van der Waals surface area contributed by atoms with E-state index in [4.69, 9.17) is 5.73 Å². The summed E-state index contributed by atoms with van der Waals surface area (Å²) in [5.74, 6) is 2.04. The largest absolute Gasteiger partial charge is 0.352 e. The predicted octanol–water partition coefficient (Wildman–Crippen LogP) is 2.04. The lowest BCUT2D eigenvalue weighted by Gasteiger charge is -2.43. The van der Waals surface area contributed by atoms with Gasteiger partial charge in [-0.1, -0.05) is 12.5 Å². The molecule has 4 rings (SSSR count). The minimum Gasteiger partial charge on any atom is -0.352 e. The molecule has 0 aromatic carbocycles. The van der Waals surface area contributed by atoms with Crippen LogP contribution in [-0.4, -0.2) is 26.7 Å². The summed E-state index contributed by atoms with van der Waals surface area (Å²) in [6.07, 6.45) is 10.8. The number of rotatable bonds is 4. The van der Waals surface area contributed by atoms with Crippen LogP contribution in [0.4, 0.5) is 0 Å². The first kappa shape index (κ1) is 16.3. The molecule has 2 aliphatic rings. The molecule has 0 spiro atoms. The molecule has 0 radical (unpaired) electrons. The Kier molecular flexibility index (Phi) is 4.53. The number of nitrogens with two attached hydrogens (primary N) is 1. The van der Waals surface area contributed by atoms with Gasteiger partial charge in [-0.3, -0.25) is 4.79 Å². The van der Waals surface area contributed by atoms with Crippen LogP contribution >= 0.6 is 0 Å². The van der Waals surface area contributed by atoms with Crippen LogP contribution in [0.25, 0.3) is 5.82 Å². The third-order valence-electron chi connectivity index (χ3n) is 5.83. The average Bonchev–Trinajstić information content (AvgIpc) is 3.14. The van der Waals surface area contributed by atoms with E-state index in [1.165, 1.54) is 19.3 Å². The molecule has 2 aromatic rings.